The molecule has 1 aliphatic carbocycles. The van der Waals surface area contributed by atoms with E-state index in [1.54, 1.807) is 11.1 Å². The smallest absolute Gasteiger partial charge is 0.410 e. The molecule has 0 spiro atoms. The van der Waals surface area contributed by atoms with Crippen molar-refractivity contribution in [1.82, 2.24) is 19.7 Å². The summed E-state index contributed by atoms with van der Waals surface area (Å²) in [4.78, 5) is 24.3. The molecule has 8 nitrogen and oxygen atoms in total. The van der Waals surface area contributed by atoms with E-state index in [2.05, 4.69) is 19.8 Å². The first kappa shape index (κ1) is 21.7. The highest BCUT2D eigenvalue weighted by molar-refractivity contribution is 6.02. The second kappa shape index (κ2) is 8.22. The van der Waals surface area contributed by atoms with E-state index in [4.69, 9.17) is 11.3 Å². The molecule has 1 amide bonds. The largest absolute Gasteiger partial charge is 0.444 e. The Balaban J connectivity index is 1.58. The summed E-state index contributed by atoms with van der Waals surface area (Å²) in [6, 6.07) is 1.86. The number of carbonyl (C=O) groups excluding carboxylic acids is 1. The third-order valence-corrected chi connectivity index (χ3v) is 5.41. The highest BCUT2D eigenvalue weighted by Gasteiger charge is 2.32. The SMILES string of the molecule is [C-]#[N+]C1=C(c2cnn(C(F)F)c2)Cc2nccc(N3CCN(C(=O)OC(C)(C)C)CC3)c21. The number of aromatic nitrogens is 3. The van der Waals surface area contributed by atoms with Crippen LogP contribution >= 0.6 is 0 Å². The Morgan fingerprint density at radius 2 is 1.97 bits per heavy atom. The van der Waals surface area contributed by atoms with E-state index in [-0.39, 0.29) is 6.09 Å². The second-order valence-corrected chi connectivity index (χ2v) is 8.71. The van der Waals surface area contributed by atoms with E-state index in [0.717, 1.165) is 16.9 Å². The van der Waals surface area contributed by atoms with E-state index in [1.807, 2.05) is 26.8 Å². The molecule has 1 fully saturated rings. The Kier molecular flexibility index (Phi) is 5.59. The quantitative estimate of drug-likeness (QED) is 0.671. The number of pyridine rings is 1. The van der Waals surface area contributed by atoms with Crippen molar-refractivity contribution in [2.45, 2.75) is 39.3 Å². The van der Waals surface area contributed by atoms with Crippen LogP contribution in [0.25, 0.3) is 16.1 Å². The van der Waals surface area contributed by atoms with Gasteiger partial charge in [-0.1, -0.05) is 0 Å². The first-order chi connectivity index (χ1) is 15.2. The highest BCUT2D eigenvalue weighted by atomic mass is 19.3. The molecule has 0 aromatic carbocycles. The number of ether oxygens (including phenoxy) is 1. The Labute approximate surface area is 184 Å². The second-order valence-electron chi connectivity index (χ2n) is 8.71. The summed E-state index contributed by atoms with van der Waals surface area (Å²) in [6.07, 6.45) is 4.36. The van der Waals surface area contributed by atoms with Crippen molar-refractivity contribution >= 4 is 23.1 Å². The van der Waals surface area contributed by atoms with E-state index in [9.17, 15) is 13.6 Å². The van der Waals surface area contributed by atoms with Crippen LogP contribution in [-0.4, -0.2) is 57.5 Å². The lowest BCUT2D eigenvalue weighted by atomic mass is 10.1. The Hall–Kier alpha value is -3.48. The van der Waals surface area contributed by atoms with Crippen LogP contribution in [0, 0.1) is 6.57 Å². The minimum Gasteiger partial charge on any atom is -0.444 e. The molecule has 2 aromatic heterocycles. The summed E-state index contributed by atoms with van der Waals surface area (Å²) in [7, 11) is 0. The fraction of sp³-hybridized carbons (Fsp3) is 0.455. The molecular formula is C22H24F2N6O2. The number of carbonyl (C=O) groups is 1. The van der Waals surface area contributed by atoms with Gasteiger partial charge in [0.1, 0.15) is 5.60 Å². The predicted octanol–water partition coefficient (Wildman–Crippen LogP) is 4.07. The summed E-state index contributed by atoms with van der Waals surface area (Å²) >= 11 is 0. The van der Waals surface area contributed by atoms with Crippen molar-refractivity contribution in [3.05, 3.63) is 52.9 Å². The van der Waals surface area contributed by atoms with E-state index in [1.165, 1.54) is 12.4 Å². The van der Waals surface area contributed by atoms with Gasteiger partial charge in [0.2, 0.25) is 5.70 Å². The van der Waals surface area contributed by atoms with E-state index in [0.29, 0.717) is 54.1 Å². The normalized spacial score (nSPS) is 16.4. The number of fused-ring (bicyclic) bond motifs is 1. The molecule has 10 heteroatoms. The van der Waals surface area contributed by atoms with Crippen molar-refractivity contribution in [2.75, 3.05) is 31.1 Å². The molecule has 0 bridgehead atoms. The molecule has 0 atom stereocenters. The van der Waals surface area contributed by atoms with Crippen molar-refractivity contribution in [3.8, 4) is 0 Å². The number of hydrogen-bond donors (Lipinski definition) is 0. The maximum Gasteiger partial charge on any atom is 0.410 e. The molecule has 2 aliphatic rings. The Morgan fingerprint density at radius 1 is 1.25 bits per heavy atom. The molecule has 32 heavy (non-hydrogen) atoms. The third-order valence-electron chi connectivity index (χ3n) is 5.41. The number of halogens is 2. The van der Waals surface area contributed by atoms with Gasteiger partial charge in [0, 0.05) is 67.5 Å². The number of rotatable bonds is 3. The number of amides is 1. The number of piperazine rings is 1. The van der Waals surface area contributed by atoms with Gasteiger partial charge in [-0.05, 0) is 32.4 Å². The Bertz CT molecular complexity index is 1100. The van der Waals surface area contributed by atoms with Gasteiger partial charge in [0.15, 0.2) is 0 Å². The maximum atomic E-state index is 13.0. The highest BCUT2D eigenvalue weighted by Crippen LogP contribution is 2.43. The molecule has 0 N–H and O–H groups in total. The van der Waals surface area contributed by atoms with Crippen LogP contribution in [0.15, 0.2) is 24.7 Å². The molecule has 4 rings (SSSR count). The van der Waals surface area contributed by atoms with Gasteiger partial charge in [0.05, 0.1) is 12.8 Å². The van der Waals surface area contributed by atoms with Gasteiger partial charge in [-0.15, -0.1) is 0 Å². The lowest BCUT2D eigenvalue weighted by Crippen LogP contribution is -2.50. The standard InChI is InChI=1S/C22H24F2N6O2/c1-22(2,3)32-21(31)29-9-7-28(8-10-29)17-5-6-26-16-11-15(19(25-4)18(16)17)14-12-27-30(13-14)20(23)24/h5-6,12-13,20H,7-11H2,1-3H3. The molecule has 1 aliphatic heterocycles. The molecule has 0 unspecified atom stereocenters. The summed E-state index contributed by atoms with van der Waals surface area (Å²) in [6.45, 7) is 12.7. The fourth-order valence-corrected chi connectivity index (χ4v) is 3.97. The van der Waals surface area contributed by atoms with Crippen molar-refractivity contribution < 1.29 is 18.3 Å². The lowest BCUT2D eigenvalue weighted by molar-refractivity contribution is 0.0240. The minimum atomic E-state index is -2.74. The van der Waals surface area contributed by atoms with Crippen molar-refractivity contribution in [3.63, 3.8) is 0 Å². The van der Waals surface area contributed by atoms with Crippen LogP contribution in [0.1, 0.15) is 44.1 Å². The van der Waals surface area contributed by atoms with Crippen LogP contribution in [0.3, 0.4) is 0 Å². The van der Waals surface area contributed by atoms with Crippen LogP contribution in [0.4, 0.5) is 19.3 Å². The number of allylic oxidation sites excluding steroid dienone is 1. The van der Waals surface area contributed by atoms with E-state index < -0.39 is 12.2 Å². The minimum absolute atomic E-state index is 0.336. The average molecular weight is 442 g/mol. The molecule has 1 saturated heterocycles. The van der Waals surface area contributed by atoms with Gasteiger partial charge in [-0.3, -0.25) is 4.98 Å². The van der Waals surface area contributed by atoms with Crippen molar-refractivity contribution in [1.29, 1.82) is 0 Å². The van der Waals surface area contributed by atoms with Gasteiger partial charge >= 0.3 is 12.6 Å². The Morgan fingerprint density at radius 3 is 2.56 bits per heavy atom. The maximum absolute atomic E-state index is 13.0. The molecular weight excluding hydrogens is 418 g/mol. The first-order valence-electron chi connectivity index (χ1n) is 10.3. The topological polar surface area (TPSA) is 67.9 Å². The molecule has 0 saturated carbocycles. The summed E-state index contributed by atoms with van der Waals surface area (Å²) in [5.41, 5.74) is 3.33. The zero-order chi connectivity index (χ0) is 23.0. The van der Waals surface area contributed by atoms with Crippen molar-refractivity contribution in [2.24, 2.45) is 0 Å². The number of nitrogens with zero attached hydrogens (tertiary/aromatic N) is 6. The molecule has 0 radical (unpaired) electrons. The fourth-order valence-electron chi connectivity index (χ4n) is 3.97. The third kappa shape index (κ3) is 4.15. The summed E-state index contributed by atoms with van der Waals surface area (Å²) in [5.74, 6) is 0. The van der Waals surface area contributed by atoms with Gasteiger partial charge in [0.25, 0.3) is 0 Å². The van der Waals surface area contributed by atoms with Gasteiger partial charge in [-0.2, -0.15) is 13.9 Å². The van der Waals surface area contributed by atoms with Crippen LogP contribution in [0.5, 0.6) is 0 Å². The first-order valence-corrected chi connectivity index (χ1v) is 10.3. The summed E-state index contributed by atoms with van der Waals surface area (Å²) in [5, 5.41) is 3.70. The van der Waals surface area contributed by atoms with Gasteiger partial charge < -0.3 is 14.5 Å². The van der Waals surface area contributed by atoms with Crippen LogP contribution in [0.2, 0.25) is 0 Å². The predicted molar refractivity (Wildman–Crippen MR) is 115 cm³/mol. The lowest BCUT2D eigenvalue weighted by Gasteiger charge is -2.37. The number of hydrogen-bond acceptors (Lipinski definition) is 5. The summed E-state index contributed by atoms with van der Waals surface area (Å²) < 4.78 is 32.0. The molecule has 3 heterocycles. The zero-order valence-corrected chi connectivity index (χ0v) is 18.2. The van der Waals surface area contributed by atoms with Crippen LogP contribution < -0.4 is 4.90 Å². The molecule has 2 aromatic rings. The van der Waals surface area contributed by atoms with Gasteiger partial charge in [-0.25, -0.2) is 14.3 Å². The zero-order valence-electron chi connectivity index (χ0n) is 18.2. The monoisotopic (exact) mass is 442 g/mol. The van der Waals surface area contributed by atoms with Crippen LogP contribution in [-0.2, 0) is 11.2 Å². The average Bonchev–Trinajstić information content (AvgIpc) is 3.37. The number of anilines is 1. The number of alkyl halides is 2. The molecule has 168 valence electrons. The van der Waals surface area contributed by atoms with E-state index >= 15 is 0 Å².